The average Bonchev–Trinajstić information content (AvgIpc) is 2.90. The highest BCUT2D eigenvalue weighted by atomic mass is 16.2. The first-order chi connectivity index (χ1) is 9.16. The van der Waals surface area contributed by atoms with Crippen molar-refractivity contribution >= 4 is 12.0 Å². The summed E-state index contributed by atoms with van der Waals surface area (Å²) in [5, 5.41) is 0. The minimum Gasteiger partial charge on any atom is -0.347 e. The number of hydrogen-bond donors (Lipinski definition) is 1. The molecule has 0 spiro atoms. The third-order valence-corrected chi connectivity index (χ3v) is 2.91. The Bertz CT molecular complexity index is 573. The molecule has 0 aliphatic heterocycles. The molecule has 0 aliphatic carbocycles. The number of nitrogens with one attached hydrogen (secondary N) is 1. The van der Waals surface area contributed by atoms with Crippen LogP contribution in [0.15, 0.2) is 42.7 Å². The van der Waals surface area contributed by atoms with Crippen LogP contribution in [0.5, 0.6) is 0 Å². The number of benzene rings is 1. The summed E-state index contributed by atoms with van der Waals surface area (Å²) in [6.07, 6.45) is 6.86. The lowest BCUT2D eigenvalue weighted by Gasteiger charge is -2.13. The highest BCUT2D eigenvalue weighted by Crippen LogP contribution is 2.09. The monoisotopic (exact) mass is 255 g/mol. The number of imidazole rings is 1. The lowest BCUT2D eigenvalue weighted by molar-refractivity contribution is -0.125. The number of H-pyrrole nitrogens is 1. The first-order valence-corrected chi connectivity index (χ1v) is 6.14. The number of aromatic amines is 1. The second kappa shape index (κ2) is 6.00. The van der Waals surface area contributed by atoms with Crippen LogP contribution < -0.4 is 0 Å². The van der Waals surface area contributed by atoms with Gasteiger partial charge in [-0.3, -0.25) is 4.79 Å². The lowest BCUT2D eigenvalue weighted by Crippen LogP contribution is -2.24. The highest BCUT2D eigenvalue weighted by Gasteiger charge is 2.06. The molecule has 19 heavy (non-hydrogen) atoms. The van der Waals surface area contributed by atoms with Crippen LogP contribution in [0.1, 0.15) is 17.0 Å². The lowest BCUT2D eigenvalue weighted by atomic mass is 10.1. The van der Waals surface area contributed by atoms with Crippen LogP contribution in [0.4, 0.5) is 0 Å². The largest absolute Gasteiger partial charge is 0.347 e. The molecule has 0 fully saturated rings. The smallest absolute Gasteiger partial charge is 0.246 e. The molecule has 1 aromatic heterocycles. The molecule has 1 aromatic carbocycles. The predicted octanol–water partition coefficient (Wildman–Crippen LogP) is 2.39. The molecule has 0 unspecified atom stereocenters. The van der Waals surface area contributed by atoms with Crippen LogP contribution in [0, 0.1) is 6.92 Å². The normalized spacial score (nSPS) is 10.8. The van der Waals surface area contributed by atoms with Crippen molar-refractivity contribution in [3.05, 3.63) is 59.7 Å². The van der Waals surface area contributed by atoms with E-state index in [1.165, 1.54) is 0 Å². The van der Waals surface area contributed by atoms with Crippen molar-refractivity contribution < 1.29 is 4.79 Å². The Labute approximate surface area is 112 Å². The Kier molecular flexibility index (Phi) is 4.13. The third-order valence-electron chi connectivity index (χ3n) is 2.91. The summed E-state index contributed by atoms with van der Waals surface area (Å²) in [6.45, 7) is 2.50. The molecule has 0 saturated carbocycles. The van der Waals surface area contributed by atoms with Gasteiger partial charge in [-0.05, 0) is 24.1 Å². The minimum absolute atomic E-state index is 0.0420. The fourth-order valence-electron chi connectivity index (χ4n) is 1.75. The summed E-state index contributed by atoms with van der Waals surface area (Å²) in [4.78, 5) is 20.6. The van der Waals surface area contributed by atoms with E-state index in [1.807, 2.05) is 37.3 Å². The zero-order chi connectivity index (χ0) is 13.7. The SMILES string of the molecule is Cc1ccccc1C=CC(=O)N(C)Cc1ncc[nH]1. The van der Waals surface area contributed by atoms with Gasteiger partial charge in [-0.25, -0.2) is 4.98 Å². The van der Waals surface area contributed by atoms with E-state index in [9.17, 15) is 4.79 Å². The molecule has 2 rings (SSSR count). The summed E-state index contributed by atoms with van der Waals surface area (Å²) < 4.78 is 0. The Morgan fingerprint density at radius 3 is 2.89 bits per heavy atom. The first kappa shape index (κ1) is 13.1. The van der Waals surface area contributed by atoms with Gasteiger partial charge in [-0.1, -0.05) is 24.3 Å². The number of amides is 1. The first-order valence-electron chi connectivity index (χ1n) is 6.14. The number of hydrogen-bond acceptors (Lipinski definition) is 2. The molecule has 98 valence electrons. The number of carbonyl (C=O) groups excluding carboxylic acids is 1. The molecule has 4 heteroatoms. The molecule has 0 saturated heterocycles. The fourth-order valence-corrected chi connectivity index (χ4v) is 1.75. The van der Waals surface area contributed by atoms with Gasteiger partial charge in [0.2, 0.25) is 5.91 Å². The van der Waals surface area contributed by atoms with Gasteiger partial charge < -0.3 is 9.88 Å². The van der Waals surface area contributed by atoms with Crippen molar-refractivity contribution in [3.8, 4) is 0 Å². The van der Waals surface area contributed by atoms with E-state index in [-0.39, 0.29) is 5.91 Å². The Morgan fingerprint density at radius 1 is 1.42 bits per heavy atom. The second-order valence-electron chi connectivity index (χ2n) is 4.42. The average molecular weight is 255 g/mol. The predicted molar refractivity (Wildman–Crippen MR) is 75.3 cm³/mol. The maximum absolute atomic E-state index is 12.0. The van der Waals surface area contributed by atoms with E-state index in [4.69, 9.17) is 0 Å². The van der Waals surface area contributed by atoms with Gasteiger partial charge in [-0.2, -0.15) is 0 Å². The molecule has 0 radical (unpaired) electrons. The standard InChI is InChI=1S/C15H17N3O/c1-12-5-3-4-6-13(12)7-8-15(19)18(2)11-14-16-9-10-17-14/h3-10H,11H2,1-2H3,(H,16,17). The summed E-state index contributed by atoms with van der Waals surface area (Å²) in [5.41, 5.74) is 2.21. The number of likely N-dealkylation sites (N-methyl/N-ethyl adjacent to an activating group) is 1. The van der Waals surface area contributed by atoms with Crippen molar-refractivity contribution in [1.29, 1.82) is 0 Å². The quantitative estimate of drug-likeness (QED) is 0.853. The summed E-state index contributed by atoms with van der Waals surface area (Å²) in [6, 6.07) is 7.96. The van der Waals surface area contributed by atoms with Gasteiger partial charge in [-0.15, -0.1) is 0 Å². The van der Waals surface area contributed by atoms with Crippen molar-refractivity contribution in [3.63, 3.8) is 0 Å². The molecule has 1 N–H and O–H groups in total. The van der Waals surface area contributed by atoms with Gasteiger partial charge in [0.15, 0.2) is 0 Å². The second-order valence-corrected chi connectivity index (χ2v) is 4.42. The number of nitrogens with zero attached hydrogens (tertiary/aromatic N) is 2. The Balaban J connectivity index is 1.99. The number of carbonyl (C=O) groups is 1. The zero-order valence-electron chi connectivity index (χ0n) is 11.1. The van der Waals surface area contributed by atoms with E-state index in [2.05, 4.69) is 9.97 Å². The van der Waals surface area contributed by atoms with E-state index in [0.717, 1.165) is 17.0 Å². The zero-order valence-corrected chi connectivity index (χ0v) is 11.1. The number of rotatable bonds is 4. The minimum atomic E-state index is -0.0420. The molecule has 2 aromatic rings. The van der Waals surface area contributed by atoms with E-state index >= 15 is 0 Å². The molecule has 0 atom stereocenters. The van der Waals surface area contributed by atoms with Crippen LogP contribution in [0.3, 0.4) is 0 Å². The van der Waals surface area contributed by atoms with Gasteiger partial charge in [0.25, 0.3) is 0 Å². The molecule has 0 bridgehead atoms. The number of aryl methyl sites for hydroxylation is 1. The van der Waals surface area contributed by atoms with Crippen molar-refractivity contribution in [1.82, 2.24) is 14.9 Å². The van der Waals surface area contributed by atoms with E-state index in [1.54, 1.807) is 30.4 Å². The molecule has 0 aliphatic rings. The van der Waals surface area contributed by atoms with Gasteiger partial charge in [0.05, 0.1) is 6.54 Å². The summed E-state index contributed by atoms with van der Waals surface area (Å²) >= 11 is 0. The maximum Gasteiger partial charge on any atom is 0.246 e. The molecular formula is C15H17N3O. The van der Waals surface area contributed by atoms with Crippen LogP contribution in [-0.4, -0.2) is 27.8 Å². The van der Waals surface area contributed by atoms with Crippen LogP contribution in [-0.2, 0) is 11.3 Å². The van der Waals surface area contributed by atoms with Crippen LogP contribution in [0.2, 0.25) is 0 Å². The number of aromatic nitrogens is 2. The fraction of sp³-hybridized carbons (Fsp3) is 0.200. The molecule has 4 nitrogen and oxygen atoms in total. The summed E-state index contributed by atoms with van der Waals surface area (Å²) in [7, 11) is 1.76. The van der Waals surface area contributed by atoms with Crippen molar-refractivity contribution in [2.24, 2.45) is 0 Å². The van der Waals surface area contributed by atoms with Crippen LogP contribution in [0.25, 0.3) is 6.08 Å². The topological polar surface area (TPSA) is 49.0 Å². The van der Waals surface area contributed by atoms with Gasteiger partial charge in [0.1, 0.15) is 5.82 Å². The molecular weight excluding hydrogens is 238 g/mol. The summed E-state index contributed by atoms with van der Waals surface area (Å²) in [5.74, 6) is 0.736. The van der Waals surface area contributed by atoms with Crippen molar-refractivity contribution in [2.45, 2.75) is 13.5 Å². The van der Waals surface area contributed by atoms with Gasteiger partial charge >= 0.3 is 0 Å². The Morgan fingerprint density at radius 2 is 2.21 bits per heavy atom. The Hall–Kier alpha value is -2.36. The van der Waals surface area contributed by atoms with E-state index < -0.39 is 0 Å². The molecule has 1 amide bonds. The highest BCUT2D eigenvalue weighted by molar-refractivity contribution is 5.91. The van der Waals surface area contributed by atoms with Crippen LogP contribution >= 0.6 is 0 Å². The maximum atomic E-state index is 12.0. The third kappa shape index (κ3) is 3.55. The van der Waals surface area contributed by atoms with Gasteiger partial charge in [0, 0.05) is 25.5 Å². The van der Waals surface area contributed by atoms with Crippen molar-refractivity contribution in [2.75, 3.05) is 7.05 Å². The van der Waals surface area contributed by atoms with E-state index in [0.29, 0.717) is 6.54 Å². The molecule has 1 heterocycles.